The van der Waals surface area contributed by atoms with Gasteiger partial charge in [0.25, 0.3) is 5.91 Å². The quantitative estimate of drug-likeness (QED) is 0.304. The highest BCUT2D eigenvalue weighted by Gasteiger charge is 2.16. The lowest BCUT2D eigenvalue weighted by Gasteiger charge is -2.14. The van der Waals surface area contributed by atoms with Gasteiger partial charge >= 0.3 is 0 Å². The lowest BCUT2D eigenvalue weighted by molar-refractivity contribution is 0.102. The fourth-order valence-electron chi connectivity index (χ4n) is 3.88. The van der Waals surface area contributed by atoms with Crippen LogP contribution in [0.15, 0.2) is 103 Å². The van der Waals surface area contributed by atoms with Gasteiger partial charge in [-0.1, -0.05) is 60.7 Å². The summed E-state index contributed by atoms with van der Waals surface area (Å²) in [6, 6.07) is 32.8. The molecule has 1 aromatic heterocycles. The predicted octanol–water partition coefficient (Wildman–Crippen LogP) is 7.56. The molecule has 0 aliphatic heterocycles. The maximum atomic E-state index is 13.5. The Morgan fingerprint density at radius 2 is 1.50 bits per heavy atom. The van der Waals surface area contributed by atoms with Crippen LogP contribution in [-0.4, -0.2) is 10.9 Å². The number of carbonyl (C=O) groups is 1. The number of rotatable bonds is 5. The standard InChI is InChI=1S/C30H24N2O2/c1-20-16-17-22(18-21(20)2)28-19-25(24-12-6-7-13-26(24)31-28)30(33)32-27-14-8-9-15-29(27)34-23-10-4-3-5-11-23/h3-19H,1-2H3,(H,32,33). The minimum Gasteiger partial charge on any atom is -0.455 e. The number of nitrogens with one attached hydrogen (secondary N) is 1. The predicted molar refractivity (Wildman–Crippen MR) is 138 cm³/mol. The molecule has 4 aromatic carbocycles. The van der Waals surface area contributed by atoms with Crippen LogP contribution in [-0.2, 0) is 0 Å². The number of aryl methyl sites for hydroxylation is 2. The van der Waals surface area contributed by atoms with Gasteiger partial charge in [0.15, 0.2) is 5.75 Å². The van der Waals surface area contributed by atoms with Crippen LogP contribution < -0.4 is 10.1 Å². The maximum Gasteiger partial charge on any atom is 0.256 e. The topological polar surface area (TPSA) is 51.2 Å². The summed E-state index contributed by atoms with van der Waals surface area (Å²) in [5.41, 5.74) is 6.09. The van der Waals surface area contributed by atoms with E-state index in [9.17, 15) is 4.79 Å². The molecule has 5 rings (SSSR count). The van der Waals surface area contributed by atoms with Crippen LogP contribution in [0.3, 0.4) is 0 Å². The molecule has 0 atom stereocenters. The molecule has 0 saturated heterocycles. The zero-order valence-electron chi connectivity index (χ0n) is 19.1. The second-order valence-corrected chi connectivity index (χ2v) is 8.24. The van der Waals surface area contributed by atoms with Gasteiger partial charge in [-0.15, -0.1) is 0 Å². The Morgan fingerprint density at radius 3 is 2.32 bits per heavy atom. The molecule has 1 heterocycles. The van der Waals surface area contributed by atoms with E-state index in [1.165, 1.54) is 11.1 Å². The smallest absolute Gasteiger partial charge is 0.256 e. The normalized spacial score (nSPS) is 10.8. The summed E-state index contributed by atoms with van der Waals surface area (Å²) >= 11 is 0. The lowest BCUT2D eigenvalue weighted by Crippen LogP contribution is -2.13. The molecule has 0 aliphatic carbocycles. The van der Waals surface area contributed by atoms with Crippen LogP contribution in [0.5, 0.6) is 11.5 Å². The molecular weight excluding hydrogens is 420 g/mol. The van der Waals surface area contributed by atoms with Crippen molar-refractivity contribution in [3.63, 3.8) is 0 Å². The van der Waals surface area contributed by atoms with Crippen LogP contribution in [0.4, 0.5) is 5.69 Å². The van der Waals surface area contributed by atoms with Crippen molar-refractivity contribution < 1.29 is 9.53 Å². The maximum absolute atomic E-state index is 13.5. The Balaban J connectivity index is 1.53. The first-order chi connectivity index (χ1) is 16.6. The molecule has 166 valence electrons. The van der Waals surface area contributed by atoms with E-state index in [-0.39, 0.29) is 5.91 Å². The minimum absolute atomic E-state index is 0.215. The van der Waals surface area contributed by atoms with Crippen molar-refractivity contribution in [1.82, 2.24) is 4.98 Å². The zero-order valence-corrected chi connectivity index (χ0v) is 19.1. The number of para-hydroxylation sites is 4. The Morgan fingerprint density at radius 1 is 0.765 bits per heavy atom. The third-order valence-electron chi connectivity index (χ3n) is 5.87. The van der Waals surface area contributed by atoms with Crippen LogP contribution in [0.2, 0.25) is 0 Å². The number of nitrogens with zero attached hydrogens (tertiary/aromatic N) is 1. The van der Waals surface area contributed by atoms with Crippen molar-refractivity contribution in [3.05, 3.63) is 120 Å². The molecule has 1 N–H and O–H groups in total. The second kappa shape index (κ2) is 9.20. The largest absolute Gasteiger partial charge is 0.455 e. The first kappa shape index (κ1) is 21.4. The van der Waals surface area contributed by atoms with Gasteiger partial charge in [-0.25, -0.2) is 4.98 Å². The molecule has 4 nitrogen and oxygen atoms in total. The Kier molecular flexibility index (Phi) is 5.79. The molecule has 4 heteroatoms. The van der Waals surface area contributed by atoms with Crippen LogP contribution in [0, 0.1) is 13.8 Å². The van der Waals surface area contributed by atoms with Crippen molar-refractivity contribution >= 4 is 22.5 Å². The fraction of sp³-hybridized carbons (Fsp3) is 0.0667. The highest BCUT2D eigenvalue weighted by molar-refractivity contribution is 6.13. The SMILES string of the molecule is Cc1ccc(-c2cc(C(=O)Nc3ccccc3Oc3ccccc3)c3ccccc3n2)cc1C. The Bertz CT molecular complexity index is 1490. The Labute approximate surface area is 198 Å². The minimum atomic E-state index is -0.215. The summed E-state index contributed by atoms with van der Waals surface area (Å²) < 4.78 is 6.02. The number of pyridine rings is 1. The number of fused-ring (bicyclic) bond motifs is 1. The number of amides is 1. The molecule has 0 radical (unpaired) electrons. The first-order valence-corrected chi connectivity index (χ1v) is 11.2. The third kappa shape index (κ3) is 4.39. The fourth-order valence-corrected chi connectivity index (χ4v) is 3.88. The zero-order chi connectivity index (χ0) is 23.5. The van der Waals surface area contributed by atoms with Crippen LogP contribution >= 0.6 is 0 Å². The van der Waals surface area contributed by atoms with Crippen molar-refractivity contribution in [2.24, 2.45) is 0 Å². The third-order valence-corrected chi connectivity index (χ3v) is 5.87. The van der Waals surface area contributed by atoms with Gasteiger partial charge in [0, 0.05) is 10.9 Å². The summed E-state index contributed by atoms with van der Waals surface area (Å²) in [6.07, 6.45) is 0. The van der Waals surface area contributed by atoms with Gasteiger partial charge in [-0.3, -0.25) is 4.79 Å². The number of aromatic nitrogens is 1. The summed E-state index contributed by atoms with van der Waals surface area (Å²) in [6.45, 7) is 4.16. The second-order valence-electron chi connectivity index (χ2n) is 8.24. The molecule has 0 aliphatic rings. The number of hydrogen-bond acceptors (Lipinski definition) is 3. The highest BCUT2D eigenvalue weighted by Crippen LogP contribution is 2.31. The van der Waals surface area contributed by atoms with E-state index in [0.29, 0.717) is 22.7 Å². The van der Waals surface area contributed by atoms with E-state index in [2.05, 4.69) is 31.3 Å². The first-order valence-electron chi connectivity index (χ1n) is 11.2. The van der Waals surface area contributed by atoms with Crippen molar-refractivity contribution in [2.45, 2.75) is 13.8 Å². The van der Waals surface area contributed by atoms with Crippen LogP contribution in [0.1, 0.15) is 21.5 Å². The summed E-state index contributed by atoms with van der Waals surface area (Å²) in [5.74, 6) is 1.07. The average Bonchev–Trinajstić information content (AvgIpc) is 2.87. The highest BCUT2D eigenvalue weighted by atomic mass is 16.5. The monoisotopic (exact) mass is 444 g/mol. The van der Waals surface area contributed by atoms with Crippen molar-refractivity contribution in [2.75, 3.05) is 5.32 Å². The van der Waals surface area contributed by atoms with E-state index < -0.39 is 0 Å². The van der Waals surface area contributed by atoms with E-state index in [1.807, 2.05) is 91.0 Å². The van der Waals surface area contributed by atoms with Crippen molar-refractivity contribution in [3.8, 4) is 22.8 Å². The number of anilines is 1. The lowest BCUT2D eigenvalue weighted by atomic mass is 10.0. The van der Waals surface area contributed by atoms with Crippen LogP contribution in [0.25, 0.3) is 22.2 Å². The van der Waals surface area contributed by atoms with Crippen molar-refractivity contribution in [1.29, 1.82) is 0 Å². The van der Waals surface area contributed by atoms with E-state index in [0.717, 1.165) is 22.2 Å². The average molecular weight is 445 g/mol. The van der Waals surface area contributed by atoms with Gasteiger partial charge in [-0.05, 0) is 67.4 Å². The molecule has 0 fully saturated rings. The summed E-state index contributed by atoms with van der Waals surface area (Å²) in [5, 5.41) is 3.85. The molecule has 0 bridgehead atoms. The van der Waals surface area contributed by atoms with E-state index in [1.54, 1.807) is 0 Å². The van der Waals surface area contributed by atoms with Gasteiger partial charge in [-0.2, -0.15) is 0 Å². The molecule has 1 amide bonds. The number of ether oxygens (including phenoxy) is 1. The van der Waals surface area contributed by atoms with Gasteiger partial charge in [0.05, 0.1) is 22.5 Å². The molecule has 0 unspecified atom stereocenters. The van der Waals surface area contributed by atoms with E-state index in [4.69, 9.17) is 9.72 Å². The number of carbonyl (C=O) groups excluding carboxylic acids is 1. The Hall–Kier alpha value is -4.44. The summed E-state index contributed by atoms with van der Waals surface area (Å²) in [7, 11) is 0. The molecular formula is C30H24N2O2. The number of benzene rings is 4. The molecule has 5 aromatic rings. The molecule has 0 spiro atoms. The summed E-state index contributed by atoms with van der Waals surface area (Å²) in [4.78, 5) is 18.4. The van der Waals surface area contributed by atoms with Gasteiger partial charge in [0.1, 0.15) is 5.75 Å². The molecule has 0 saturated carbocycles. The van der Waals surface area contributed by atoms with Gasteiger partial charge in [0.2, 0.25) is 0 Å². The van der Waals surface area contributed by atoms with E-state index >= 15 is 0 Å². The number of hydrogen-bond donors (Lipinski definition) is 1. The molecule has 34 heavy (non-hydrogen) atoms. The van der Waals surface area contributed by atoms with Gasteiger partial charge < -0.3 is 10.1 Å².